The number of ether oxygens (including phenoxy) is 2. The van der Waals surface area contributed by atoms with Crippen LogP contribution in [-0.2, 0) is 9.47 Å². The maximum atomic E-state index is 11.7. The Morgan fingerprint density at radius 2 is 1.79 bits per heavy atom. The van der Waals surface area contributed by atoms with Gasteiger partial charge < -0.3 is 30.7 Å². The van der Waals surface area contributed by atoms with Gasteiger partial charge in [0.05, 0.1) is 25.8 Å². The van der Waals surface area contributed by atoms with Crippen LogP contribution in [0.2, 0.25) is 0 Å². The summed E-state index contributed by atoms with van der Waals surface area (Å²) >= 11 is 0. The summed E-state index contributed by atoms with van der Waals surface area (Å²) < 4.78 is 9.96. The fraction of sp³-hybridized carbons (Fsp3) is 0.833. The van der Waals surface area contributed by atoms with Crippen molar-refractivity contribution in [3.05, 3.63) is 0 Å². The van der Waals surface area contributed by atoms with Crippen molar-refractivity contribution in [1.29, 1.82) is 0 Å². The van der Waals surface area contributed by atoms with Gasteiger partial charge in [0.2, 0.25) is 0 Å². The molecule has 0 aromatic heterocycles. The van der Waals surface area contributed by atoms with E-state index in [0.717, 1.165) is 19.3 Å². The van der Waals surface area contributed by atoms with Gasteiger partial charge in [-0.3, -0.25) is 4.99 Å². The predicted molar refractivity (Wildman–Crippen MR) is 120 cm³/mol. The zero-order chi connectivity index (χ0) is 20.2. The number of nitrogens with zero attached hydrogens (tertiary/aromatic N) is 2. The average Bonchev–Trinajstić information content (AvgIpc) is 2.60. The number of alkyl carbamates (subject to hydrolysis) is 1. The van der Waals surface area contributed by atoms with Gasteiger partial charge in [-0.25, -0.2) is 9.59 Å². The van der Waals surface area contributed by atoms with Crippen molar-refractivity contribution in [2.45, 2.75) is 59.0 Å². The van der Waals surface area contributed by atoms with Crippen LogP contribution in [0, 0.1) is 5.92 Å². The Balaban J connectivity index is 0.00000729. The molecule has 0 radical (unpaired) electrons. The molecule has 1 rings (SSSR count). The molecule has 0 bridgehead atoms. The number of hydrogen-bond acceptors (Lipinski definition) is 5. The van der Waals surface area contributed by atoms with E-state index in [9.17, 15) is 9.59 Å². The van der Waals surface area contributed by atoms with E-state index in [2.05, 4.69) is 29.5 Å². The summed E-state index contributed by atoms with van der Waals surface area (Å²) in [5.41, 5.74) is 6.00. The SMILES string of the molecule is CCOC(=O)NC(CN=C(N)NC1CCN(C(=O)OCC)CC1)CC(C)C.I. The van der Waals surface area contributed by atoms with E-state index in [-0.39, 0.29) is 42.2 Å². The van der Waals surface area contributed by atoms with Crippen molar-refractivity contribution in [3.8, 4) is 0 Å². The van der Waals surface area contributed by atoms with Gasteiger partial charge in [0.15, 0.2) is 5.96 Å². The average molecular weight is 513 g/mol. The molecule has 28 heavy (non-hydrogen) atoms. The minimum atomic E-state index is -0.434. The number of carbonyl (C=O) groups excluding carboxylic acids is 2. The molecule has 0 saturated carbocycles. The summed E-state index contributed by atoms with van der Waals surface area (Å²) in [5, 5.41) is 6.03. The normalized spacial score (nSPS) is 16.2. The van der Waals surface area contributed by atoms with Gasteiger partial charge in [-0.2, -0.15) is 0 Å². The molecular formula is C18H36IN5O4. The summed E-state index contributed by atoms with van der Waals surface area (Å²) in [6.45, 7) is 10.1. The summed E-state index contributed by atoms with van der Waals surface area (Å²) in [6, 6.07) is 0.0380. The summed E-state index contributed by atoms with van der Waals surface area (Å²) in [5.74, 6) is 0.762. The third kappa shape index (κ3) is 10.8. The van der Waals surface area contributed by atoms with Crippen LogP contribution >= 0.6 is 24.0 Å². The van der Waals surface area contributed by atoms with Gasteiger partial charge in [0.25, 0.3) is 0 Å². The molecule has 0 aliphatic carbocycles. The molecule has 2 amide bonds. The van der Waals surface area contributed by atoms with E-state index < -0.39 is 6.09 Å². The smallest absolute Gasteiger partial charge is 0.409 e. The van der Waals surface area contributed by atoms with E-state index in [1.54, 1.807) is 18.7 Å². The highest BCUT2D eigenvalue weighted by Gasteiger charge is 2.23. The van der Waals surface area contributed by atoms with Crippen molar-refractivity contribution < 1.29 is 19.1 Å². The largest absolute Gasteiger partial charge is 0.450 e. The quantitative estimate of drug-likeness (QED) is 0.261. The highest BCUT2D eigenvalue weighted by atomic mass is 127. The van der Waals surface area contributed by atoms with Gasteiger partial charge >= 0.3 is 12.2 Å². The fourth-order valence-electron chi connectivity index (χ4n) is 2.97. The summed E-state index contributed by atoms with van der Waals surface area (Å²) in [6.07, 6.45) is 1.65. The molecule has 10 heteroatoms. The first-order valence-corrected chi connectivity index (χ1v) is 9.77. The molecule has 1 aliphatic rings. The van der Waals surface area contributed by atoms with E-state index in [1.165, 1.54) is 0 Å². The van der Waals surface area contributed by atoms with Crippen LogP contribution in [0.1, 0.15) is 47.0 Å². The number of carbonyl (C=O) groups is 2. The molecule has 0 aromatic carbocycles. The minimum absolute atomic E-state index is 0. The van der Waals surface area contributed by atoms with E-state index >= 15 is 0 Å². The Morgan fingerprint density at radius 3 is 2.32 bits per heavy atom. The lowest BCUT2D eigenvalue weighted by atomic mass is 10.0. The number of hydrogen-bond donors (Lipinski definition) is 3. The number of rotatable bonds is 8. The Kier molecular flexibility index (Phi) is 13.8. The molecule has 1 saturated heterocycles. The number of nitrogens with two attached hydrogens (primary N) is 1. The zero-order valence-electron chi connectivity index (χ0n) is 17.4. The van der Waals surface area contributed by atoms with Gasteiger partial charge in [0.1, 0.15) is 0 Å². The molecular weight excluding hydrogens is 477 g/mol. The second-order valence-corrected chi connectivity index (χ2v) is 7.02. The lowest BCUT2D eigenvalue weighted by Crippen LogP contribution is -2.49. The Bertz CT molecular complexity index is 496. The molecule has 1 fully saturated rings. The minimum Gasteiger partial charge on any atom is -0.450 e. The van der Waals surface area contributed by atoms with Gasteiger partial charge in [-0.15, -0.1) is 24.0 Å². The van der Waals surface area contributed by atoms with Crippen LogP contribution in [0.5, 0.6) is 0 Å². The van der Waals surface area contributed by atoms with Crippen LogP contribution in [0.4, 0.5) is 9.59 Å². The molecule has 4 N–H and O–H groups in total. The van der Waals surface area contributed by atoms with E-state index in [1.807, 2.05) is 0 Å². The van der Waals surface area contributed by atoms with Crippen molar-refractivity contribution in [3.63, 3.8) is 0 Å². The monoisotopic (exact) mass is 513 g/mol. The van der Waals surface area contributed by atoms with Crippen molar-refractivity contribution in [2.24, 2.45) is 16.6 Å². The fourth-order valence-corrected chi connectivity index (χ4v) is 2.97. The number of guanidine groups is 1. The van der Waals surface area contributed by atoms with Crippen molar-refractivity contribution in [2.75, 3.05) is 32.8 Å². The number of aliphatic imine (C=N–C) groups is 1. The number of piperidine rings is 1. The maximum Gasteiger partial charge on any atom is 0.409 e. The Morgan fingerprint density at radius 1 is 1.18 bits per heavy atom. The Labute approximate surface area is 185 Å². The topological polar surface area (TPSA) is 118 Å². The van der Waals surface area contributed by atoms with Gasteiger partial charge in [0, 0.05) is 19.1 Å². The molecule has 9 nitrogen and oxygen atoms in total. The van der Waals surface area contributed by atoms with Crippen LogP contribution in [0.3, 0.4) is 0 Å². The standard InChI is InChI=1S/C18H35N5O4.HI/c1-5-26-17(24)22-15(11-13(3)4)12-20-16(19)21-14-7-9-23(10-8-14)18(25)27-6-2;/h13-15H,5-12H2,1-4H3,(H,22,24)(H3,19,20,21);1H. The molecule has 1 unspecified atom stereocenters. The second-order valence-electron chi connectivity index (χ2n) is 7.02. The molecule has 0 aromatic rings. The Hall–Kier alpha value is -1.46. The van der Waals surface area contributed by atoms with Crippen molar-refractivity contribution in [1.82, 2.24) is 15.5 Å². The van der Waals surface area contributed by atoms with E-state index in [4.69, 9.17) is 15.2 Å². The first-order chi connectivity index (χ1) is 12.8. The van der Waals surface area contributed by atoms with Crippen LogP contribution in [0.25, 0.3) is 0 Å². The number of halogens is 1. The van der Waals surface area contributed by atoms with Crippen LogP contribution in [0.15, 0.2) is 4.99 Å². The third-order valence-electron chi connectivity index (χ3n) is 4.21. The first kappa shape index (κ1) is 26.5. The molecule has 1 aliphatic heterocycles. The number of nitrogens with one attached hydrogen (secondary N) is 2. The van der Waals surface area contributed by atoms with Gasteiger partial charge in [-0.1, -0.05) is 13.8 Å². The second kappa shape index (κ2) is 14.5. The third-order valence-corrected chi connectivity index (χ3v) is 4.21. The molecule has 1 heterocycles. The maximum absolute atomic E-state index is 11.7. The van der Waals surface area contributed by atoms with E-state index in [0.29, 0.717) is 44.7 Å². The number of likely N-dealkylation sites (tertiary alicyclic amines) is 1. The van der Waals surface area contributed by atoms with Crippen molar-refractivity contribution >= 4 is 42.1 Å². The molecule has 0 spiro atoms. The molecule has 164 valence electrons. The lowest BCUT2D eigenvalue weighted by molar-refractivity contribution is 0.0963. The lowest BCUT2D eigenvalue weighted by Gasteiger charge is -2.31. The number of amides is 2. The van der Waals surface area contributed by atoms with Crippen LogP contribution < -0.4 is 16.4 Å². The zero-order valence-corrected chi connectivity index (χ0v) is 19.7. The highest BCUT2D eigenvalue weighted by molar-refractivity contribution is 14.0. The highest BCUT2D eigenvalue weighted by Crippen LogP contribution is 2.11. The van der Waals surface area contributed by atoms with Crippen LogP contribution in [-0.4, -0.2) is 68.0 Å². The summed E-state index contributed by atoms with van der Waals surface area (Å²) in [4.78, 5) is 29.5. The predicted octanol–water partition coefficient (Wildman–Crippen LogP) is 2.29. The summed E-state index contributed by atoms with van der Waals surface area (Å²) in [7, 11) is 0. The first-order valence-electron chi connectivity index (χ1n) is 9.77. The molecule has 1 atom stereocenters. The van der Waals surface area contributed by atoms with Gasteiger partial charge in [-0.05, 0) is 39.0 Å².